The predicted molar refractivity (Wildman–Crippen MR) is 107 cm³/mol. The molecule has 4 rings (SSSR count). The summed E-state index contributed by atoms with van der Waals surface area (Å²) in [6, 6.07) is 17.1. The van der Waals surface area contributed by atoms with Crippen molar-refractivity contribution in [2.24, 2.45) is 0 Å². The van der Waals surface area contributed by atoms with Gasteiger partial charge in [0.05, 0.1) is 11.4 Å². The molecule has 0 N–H and O–H groups in total. The minimum absolute atomic E-state index is 0.802. The van der Waals surface area contributed by atoms with Crippen LogP contribution in [0.15, 0.2) is 48.5 Å². The van der Waals surface area contributed by atoms with Crippen molar-refractivity contribution in [2.75, 3.05) is 49.1 Å². The molecular formula is C21H26ClN3. The molecule has 0 aromatic heterocycles. The van der Waals surface area contributed by atoms with Gasteiger partial charge in [-0.05, 0) is 55.8 Å². The van der Waals surface area contributed by atoms with Crippen LogP contribution in [0.2, 0.25) is 5.02 Å². The van der Waals surface area contributed by atoms with Gasteiger partial charge in [-0.25, -0.2) is 0 Å². The van der Waals surface area contributed by atoms with Gasteiger partial charge in [0.25, 0.3) is 0 Å². The van der Waals surface area contributed by atoms with Crippen molar-refractivity contribution in [3.63, 3.8) is 0 Å². The SMILES string of the molecule is Clc1ccc(CN2CCN(CCN3CCCC3)c3ccccc32)cc1. The van der Waals surface area contributed by atoms with E-state index < -0.39 is 0 Å². The second-order valence-corrected chi connectivity index (χ2v) is 7.51. The zero-order valence-corrected chi connectivity index (χ0v) is 15.5. The molecule has 2 heterocycles. The van der Waals surface area contributed by atoms with Crippen LogP contribution in [0.5, 0.6) is 0 Å². The highest BCUT2D eigenvalue weighted by Gasteiger charge is 2.23. The van der Waals surface area contributed by atoms with Crippen molar-refractivity contribution in [1.29, 1.82) is 0 Å². The van der Waals surface area contributed by atoms with Crippen LogP contribution in [-0.2, 0) is 6.54 Å². The summed E-state index contributed by atoms with van der Waals surface area (Å²) in [6.45, 7) is 7.97. The van der Waals surface area contributed by atoms with Gasteiger partial charge in [0.2, 0.25) is 0 Å². The second-order valence-electron chi connectivity index (χ2n) is 7.07. The predicted octanol–water partition coefficient (Wildman–Crippen LogP) is 4.26. The molecule has 0 saturated carbocycles. The number of fused-ring (bicyclic) bond motifs is 1. The molecule has 132 valence electrons. The lowest BCUT2D eigenvalue weighted by Gasteiger charge is -2.39. The molecule has 25 heavy (non-hydrogen) atoms. The van der Waals surface area contributed by atoms with Crippen molar-refractivity contribution in [2.45, 2.75) is 19.4 Å². The molecule has 2 aliphatic rings. The van der Waals surface area contributed by atoms with Crippen LogP contribution in [0.25, 0.3) is 0 Å². The fourth-order valence-corrected chi connectivity index (χ4v) is 4.08. The fraction of sp³-hybridized carbons (Fsp3) is 0.429. The van der Waals surface area contributed by atoms with E-state index in [0.29, 0.717) is 0 Å². The molecule has 0 amide bonds. The maximum atomic E-state index is 6.02. The third-order valence-electron chi connectivity index (χ3n) is 5.37. The molecule has 0 aliphatic carbocycles. The first-order valence-corrected chi connectivity index (χ1v) is 9.73. The Labute approximate surface area is 155 Å². The first-order chi connectivity index (χ1) is 12.3. The van der Waals surface area contributed by atoms with Gasteiger partial charge in [0.15, 0.2) is 0 Å². The topological polar surface area (TPSA) is 9.72 Å². The minimum atomic E-state index is 0.802. The zero-order chi connectivity index (χ0) is 17.1. The molecule has 2 aliphatic heterocycles. The Bertz CT molecular complexity index is 695. The number of nitrogens with zero attached hydrogens (tertiary/aromatic N) is 3. The van der Waals surface area contributed by atoms with E-state index in [1.807, 2.05) is 12.1 Å². The Morgan fingerprint density at radius 1 is 0.720 bits per heavy atom. The summed E-state index contributed by atoms with van der Waals surface area (Å²) in [7, 11) is 0. The summed E-state index contributed by atoms with van der Waals surface area (Å²) in [5, 5.41) is 0.802. The van der Waals surface area contributed by atoms with Crippen molar-refractivity contribution in [3.8, 4) is 0 Å². The minimum Gasteiger partial charge on any atom is -0.367 e. The first-order valence-electron chi connectivity index (χ1n) is 9.35. The van der Waals surface area contributed by atoms with E-state index in [1.54, 1.807) is 0 Å². The second kappa shape index (κ2) is 7.67. The maximum absolute atomic E-state index is 6.02. The highest BCUT2D eigenvalue weighted by atomic mass is 35.5. The van der Waals surface area contributed by atoms with E-state index in [2.05, 4.69) is 51.1 Å². The monoisotopic (exact) mass is 355 g/mol. The summed E-state index contributed by atoms with van der Waals surface area (Å²) < 4.78 is 0. The highest BCUT2D eigenvalue weighted by Crippen LogP contribution is 2.33. The van der Waals surface area contributed by atoms with Gasteiger partial charge in [0.1, 0.15) is 0 Å². The molecule has 0 unspecified atom stereocenters. The Hall–Kier alpha value is -1.71. The molecule has 1 fully saturated rings. The van der Waals surface area contributed by atoms with Gasteiger partial charge in [-0.15, -0.1) is 0 Å². The number of hydrogen-bond donors (Lipinski definition) is 0. The molecule has 1 saturated heterocycles. The number of benzene rings is 2. The van der Waals surface area contributed by atoms with E-state index >= 15 is 0 Å². The van der Waals surface area contributed by atoms with Crippen LogP contribution in [0.1, 0.15) is 18.4 Å². The van der Waals surface area contributed by atoms with Crippen molar-refractivity contribution in [3.05, 3.63) is 59.1 Å². The van der Waals surface area contributed by atoms with Crippen LogP contribution in [0, 0.1) is 0 Å². The molecular weight excluding hydrogens is 330 g/mol. The summed E-state index contributed by atoms with van der Waals surface area (Å²) in [6.07, 6.45) is 2.73. The number of hydrogen-bond acceptors (Lipinski definition) is 3. The van der Waals surface area contributed by atoms with Crippen LogP contribution < -0.4 is 9.80 Å². The third kappa shape index (κ3) is 3.94. The van der Waals surface area contributed by atoms with Crippen molar-refractivity contribution >= 4 is 23.0 Å². The lowest BCUT2D eigenvalue weighted by Crippen LogP contribution is -2.43. The number of halogens is 1. The maximum Gasteiger partial charge on any atom is 0.0607 e. The molecule has 4 heteroatoms. The van der Waals surface area contributed by atoms with Gasteiger partial charge in [0, 0.05) is 37.7 Å². The van der Waals surface area contributed by atoms with E-state index in [1.165, 1.54) is 49.4 Å². The standard InChI is InChI=1S/C21H26ClN3/c22-19-9-7-18(8-10-19)17-25-16-15-24(14-13-23-11-3-4-12-23)20-5-1-2-6-21(20)25/h1-2,5-10H,3-4,11-17H2. The average Bonchev–Trinajstić information content (AvgIpc) is 3.16. The summed E-state index contributed by atoms with van der Waals surface area (Å²) in [5.41, 5.74) is 4.04. The first kappa shape index (κ1) is 16.7. The van der Waals surface area contributed by atoms with E-state index in [-0.39, 0.29) is 0 Å². The number of para-hydroxylation sites is 2. The fourth-order valence-electron chi connectivity index (χ4n) is 3.96. The van der Waals surface area contributed by atoms with Gasteiger partial charge >= 0.3 is 0 Å². The quantitative estimate of drug-likeness (QED) is 0.793. The lowest BCUT2D eigenvalue weighted by molar-refractivity contribution is 0.344. The summed E-state index contributed by atoms with van der Waals surface area (Å²) in [5.74, 6) is 0. The number of rotatable bonds is 5. The van der Waals surface area contributed by atoms with Gasteiger partial charge < -0.3 is 14.7 Å². The molecule has 3 nitrogen and oxygen atoms in total. The van der Waals surface area contributed by atoms with Crippen molar-refractivity contribution in [1.82, 2.24) is 4.90 Å². The van der Waals surface area contributed by atoms with Crippen LogP contribution >= 0.6 is 11.6 Å². The molecule has 0 bridgehead atoms. The zero-order valence-electron chi connectivity index (χ0n) is 14.7. The normalized spacial score (nSPS) is 17.8. The third-order valence-corrected chi connectivity index (χ3v) is 5.63. The van der Waals surface area contributed by atoms with E-state index in [4.69, 9.17) is 11.6 Å². The van der Waals surface area contributed by atoms with Crippen LogP contribution in [-0.4, -0.2) is 44.2 Å². The molecule has 2 aromatic carbocycles. The Morgan fingerprint density at radius 2 is 1.36 bits per heavy atom. The summed E-state index contributed by atoms with van der Waals surface area (Å²) in [4.78, 5) is 7.65. The Balaban J connectivity index is 1.47. The van der Waals surface area contributed by atoms with Gasteiger partial charge in [-0.1, -0.05) is 35.9 Å². The van der Waals surface area contributed by atoms with E-state index in [0.717, 1.165) is 31.2 Å². The van der Waals surface area contributed by atoms with Gasteiger partial charge in [-0.2, -0.15) is 0 Å². The lowest BCUT2D eigenvalue weighted by atomic mass is 10.1. The van der Waals surface area contributed by atoms with E-state index in [9.17, 15) is 0 Å². The molecule has 0 spiro atoms. The van der Waals surface area contributed by atoms with Crippen molar-refractivity contribution < 1.29 is 0 Å². The molecule has 0 atom stereocenters. The average molecular weight is 356 g/mol. The summed E-state index contributed by atoms with van der Waals surface area (Å²) >= 11 is 6.02. The smallest absolute Gasteiger partial charge is 0.0607 e. The Morgan fingerprint density at radius 3 is 2.08 bits per heavy atom. The number of anilines is 2. The van der Waals surface area contributed by atoms with Crippen LogP contribution in [0.4, 0.5) is 11.4 Å². The van der Waals surface area contributed by atoms with Gasteiger partial charge in [-0.3, -0.25) is 0 Å². The molecule has 2 aromatic rings. The number of likely N-dealkylation sites (tertiary alicyclic amines) is 1. The molecule has 0 radical (unpaired) electrons. The Kier molecular flexibility index (Phi) is 5.14. The van der Waals surface area contributed by atoms with Crippen LogP contribution in [0.3, 0.4) is 0 Å². The highest BCUT2D eigenvalue weighted by molar-refractivity contribution is 6.30. The largest absolute Gasteiger partial charge is 0.367 e.